The van der Waals surface area contributed by atoms with Crippen molar-refractivity contribution >= 4 is 15.9 Å². The molecule has 0 atom stereocenters. The van der Waals surface area contributed by atoms with Crippen LogP contribution >= 0.6 is 15.9 Å². The van der Waals surface area contributed by atoms with Gasteiger partial charge in [0.25, 0.3) is 0 Å². The van der Waals surface area contributed by atoms with Gasteiger partial charge in [-0.25, -0.2) is 4.98 Å². The molecule has 1 aromatic carbocycles. The Morgan fingerprint density at radius 2 is 1.90 bits per heavy atom. The van der Waals surface area contributed by atoms with Crippen LogP contribution in [0.3, 0.4) is 0 Å². The van der Waals surface area contributed by atoms with Crippen LogP contribution < -0.4 is 5.73 Å². The van der Waals surface area contributed by atoms with E-state index in [0.29, 0.717) is 11.4 Å². The number of nitrogens with zero attached hydrogens (tertiary/aromatic N) is 2. The summed E-state index contributed by atoms with van der Waals surface area (Å²) in [5.41, 5.74) is 5.56. The van der Waals surface area contributed by atoms with E-state index in [2.05, 4.69) is 20.9 Å². The molecule has 1 heterocycles. The van der Waals surface area contributed by atoms with Gasteiger partial charge in [-0.2, -0.15) is 13.2 Å². The van der Waals surface area contributed by atoms with Crippen molar-refractivity contribution in [1.29, 1.82) is 0 Å². The fraction of sp³-hybridized carbons (Fsp3) is 0.308. The highest BCUT2D eigenvalue weighted by molar-refractivity contribution is 9.10. The average Bonchev–Trinajstić information content (AvgIpc) is 2.76. The van der Waals surface area contributed by atoms with E-state index in [1.165, 1.54) is 12.4 Å². The molecule has 0 aliphatic carbocycles. The maximum Gasteiger partial charge on any atom is 0.417 e. The Bertz CT molecular complexity index is 627. The molecule has 3 nitrogen and oxygen atoms in total. The maximum atomic E-state index is 12.9. The largest absolute Gasteiger partial charge is 0.417 e. The quantitative estimate of drug-likeness (QED) is 0.896. The van der Waals surface area contributed by atoms with Gasteiger partial charge >= 0.3 is 6.18 Å². The van der Waals surface area contributed by atoms with Gasteiger partial charge < -0.3 is 10.3 Å². The molecular formula is C13H13BrF3N3. The smallest absolute Gasteiger partial charge is 0.321 e. The van der Waals surface area contributed by atoms with Gasteiger partial charge in [-0.1, -0.05) is 15.9 Å². The molecule has 2 N–H and O–H groups in total. The molecule has 0 spiro atoms. The lowest BCUT2D eigenvalue weighted by atomic mass is 10.0. The van der Waals surface area contributed by atoms with Crippen LogP contribution in [0.4, 0.5) is 13.2 Å². The van der Waals surface area contributed by atoms with Crippen molar-refractivity contribution in [3.8, 4) is 5.69 Å². The Labute approximate surface area is 122 Å². The SMILES string of the molecule is CC(C)(N)c1cncn1-c1ccc(Br)c(C(F)(F)F)c1. The van der Waals surface area contributed by atoms with Crippen molar-refractivity contribution < 1.29 is 13.2 Å². The standard InChI is InChI=1S/C13H13BrF3N3/c1-12(2,18)11-6-19-7-20(11)8-3-4-10(14)9(5-8)13(15,16)17/h3-7H,18H2,1-2H3. The fourth-order valence-corrected chi connectivity index (χ4v) is 2.33. The lowest BCUT2D eigenvalue weighted by Crippen LogP contribution is -2.31. The minimum absolute atomic E-state index is 0.00224. The Hall–Kier alpha value is -1.34. The number of aromatic nitrogens is 2. The van der Waals surface area contributed by atoms with E-state index in [1.807, 2.05) is 0 Å². The summed E-state index contributed by atoms with van der Waals surface area (Å²) < 4.78 is 40.3. The van der Waals surface area contributed by atoms with Gasteiger partial charge in [-0.05, 0) is 32.0 Å². The molecule has 0 saturated heterocycles. The normalized spacial score (nSPS) is 12.8. The van der Waals surface area contributed by atoms with E-state index < -0.39 is 17.3 Å². The number of halogens is 4. The molecule has 2 rings (SSSR count). The van der Waals surface area contributed by atoms with E-state index in [1.54, 1.807) is 30.7 Å². The van der Waals surface area contributed by atoms with Crippen LogP contribution in [0.15, 0.2) is 35.2 Å². The van der Waals surface area contributed by atoms with Gasteiger partial charge in [0.05, 0.1) is 29.3 Å². The number of benzene rings is 1. The predicted octanol–water partition coefficient (Wildman–Crippen LogP) is 3.85. The molecule has 0 fully saturated rings. The number of hydrogen-bond acceptors (Lipinski definition) is 2. The van der Waals surface area contributed by atoms with Crippen LogP contribution in [0.25, 0.3) is 5.69 Å². The zero-order valence-electron chi connectivity index (χ0n) is 10.9. The first-order chi connectivity index (χ1) is 9.10. The predicted molar refractivity (Wildman–Crippen MR) is 73.5 cm³/mol. The Morgan fingerprint density at radius 3 is 2.45 bits per heavy atom. The molecule has 2 aromatic rings. The van der Waals surface area contributed by atoms with Crippen LogP contribution in [-0.2, 0) is 11.7 Å². The highest BCUT2D eigenvalue weighted by atomic mass is 79.9. The summed E-state index contributed by atoms with van der Waals surface area (Å²) in [5.74, 6) is 0. The number of imidazole rings is 1. The second kappa shape index (κ2) is 4.89. The first-order valence-electron chi connectivity index (χ1n) is 5.79. The fourth-order valence-electron chi connectivity index (χ4n) is 1.86. The summed E-state index contributed by atoms with van der Waals surface area (Å²) in [6, 6.07) is 4.02. The number of hydrogen-bond donors (Lipinski definition) is 1. The number of alkyl halides is 3. The van der Waals surface area contributed by atoms with Crippen molar-refractivity contribution in [2.75, 3.05) is 0 Å². The molecule has 0 bridgehead atoms. The molecule has 0 aliphatic heterocycles. The lowest BCUT2D eigenvalue weighted by molar-refractivity contribution is -0.138. The van der Waals surface area contributed by atoms with Gasteiger partial charge in [-0.3, -0.25) is 0 Å². The first-order valence-corrected chi connectivity index (χ1v) is 6.59. The van der Waals surface area contributed by atoms with E-state index >= 15 is 0 Å². The van der Waals surface area contributed by atoms with Crippen molar-refractivity contribution in [1.82, 2.24) is 9.55 Å². The number of rotatable bonds is 2. The monoisotopic (exact) mass is 347 g/mol. The Morgan fingerprint density at radius 1 is 1.25 bits per heavy atom. The highest BCUT2D eigenvalue weighted by Gasteiger charge is 2.33. The van der Waals surface area contributed by atoms with Crippen molar-refractivity contribution in [3.63, 3.8) is 0 Å². The van der Waals surface area contributed by atoms with Crippen LogP contribution in [0, 0.1) is 0 Å². The molecule has 7 heteroatoms. The summed E-state index contributed by atoms with van der Waals surface area (Å²) in [6.07, 6.45) is -1.42. The summed E-state index contributed by atoms with van der Waals surface area (Å²) in [6.45, 7) is 3.54. The van der Waals surface area contributed by atoms with E-state index in [0.717, 1.165) is 6.07 Å². The second-order valence-corrected chi connectivity index (χ2v) is 5.89. The summed E-state index contributed by atoms with van der Waals surface area (Å²) in [7, 11) is 0. The molecule has 1 aromatic heterocycles. The lowest BCUT2D eigenvalue weighted by Gasteiger charge is -2.21. The molecule has 108 valence electrons. The third-order valence-corrected chi connectivity index (χ3v) is 3.52. The molecule has 0 amide bonds. The maximum absolute atomic E-state index is 12.9. The van der Waals surface area contributed by atoms with Crippen LogP contribution in [0.2, 0.25) is 0 Å². The highest BCUT2D eigenvalue weighted by Crippen LogP contribution is 2.36. The van der Waals surface area contributed by atoms with Gasteiger partial charge in [0.1, 0.15) is 0 Å². The number of nitrogens with two attached hydrogens (primary N) is 1. The van der Waals surface area contributed by atoms with Crippen LogP contribution in [0.1, 0.15) is 25.1 Å². The van der Waals surface area contributed by atoms with Crippen molar-refractivity contribution in [3.05, 3.63) is 46.5 Å². The van der Waals surface area contributed by atoms with Crippen LogP contribution in [0.5, 0.6) is 0 Å². The Balaban J connectivity index is 2.58. The minimum Gasteiger partial charge on any atom is -0.321 e. The summed E-state index contributed by atoms with van der Waals surface area (Å²) >= 11 is 2.92. The summed E-state index contributed by atoms with van der Waals surface area (Å²) in [4.78, 5) is 3.97. The first kappa shape index (κ1) is 15.1. The van der Waals surface area contributed by atoms with Gasteiger partial charge in [0, 0.05) is 10.2 Å². The van der Waals surface area contributed by atoms with Gasteiger partial charge in [0.15, 0.2) is 0 Å². The molecule has 0 radical (unpaired) electrons. The van der Waals surface area contributed by atoms with E-state index in [4.69, 9.17) is 5.73 Å². The van der Waals surface area contributed by atoms with Crippen molar-refractivity contribution in [2.45, 2.75) is 25.6 Å². The second-order valence-electron chi connectivity index (χ2n) is 5.03. The average molecular weight is 348 g/mol. The van der Waals surface area contributed by atoms with Crippen molar-refractivity contribution in [2.24, 2.45) is 5.73 Å². The van der Waals surface area contributed by atoms with E-state index in [9.17, 15) is 13.2 Å². The van der Waals surface area contributed by atoms with Crippen LogP contribution in [-0.4, -0.2) is 9.55 Å². The molecule has 20 heavy (non-hydrogen) atoms. The third-order valence-electron chi connectivity index (χ3n) is 2.83. The third kappa shape index (κ3) is 2.88. The minimum atomic E-state index is -4.42. The summed E-state index contributed by atoms with van der Waals surface area (Å²) in [5, 5.41) is 0. The molecule has 0 aliphatic rings. The Kier molecular flexibility index (Phi) is 3.68. The van der Waals surface area contributed by atoms with Gasteiger partial charge in [0.2, 0.25) is 0 Å². The zero-order valence-corrected chi connectivity index (χ0v) is 12.5. The van der Waals surface area contributed by atoms with E-state index in [-0.39, 0.29) is 4.47 Å². The molecule has 0 unspecified atom stereocenters. The molecular weight excluding hydrogens is 335 g/mol. The molecule has 0 saturated carbocycles. The topological polar surface area (TPSA) is 43.8 Å². The van der Waals surface area contributed by atoms with Gasteiger partial charge in [-0.15, -0.1) is 0 Å². The zero-order chi connectivity index (χ0) is 15.1.